The van der Waals surface area contributed by atoms with Gasteiger partial charge in [-0.3, -0.25) is 14.6 Å². The summed E-state index contributed by atoms with van der Waals surface area (Å²) in [6.45, 7) is 1.98. The first-order valence-corrected chi connectivity index (χ1v) is 11.4. The van der Waals surface area contributed by atoms with Crippen molar-refractivity contribution >= 4 is 38.0 Å². The molecule has 9 heteroatoms. The fraction of sp³-hybridized carbons (Fsp3) is 0.238. The van der Waals surface area contributed by atoms with Crippen LogP contribution in [-0.2, 0) is 14.5 Å². The molecule has 1 aliphatic heterocycles. The molecule has 154 valence electrons. The van der Waals surface area contributed by atoms with Gasteiger partial charge in [0.05, 0.1) is 5.69 Å². The third kappa shape index (κ3) is 4.30. The molecule has 0 saturated carbocycles. The van der Waals surface area contributed by atoms with Crippen LogP contribution in [0.2, 0.25) is 0 Å². The molecule has 0 atom stereocenters. The summed E-state index contributed by atoms with van der Waals surface area (Å²) in [6.07, 6.45) is 7.61. The molecular weight excluding hydrogens is 400 g/mol. The van der Waals surface area contributed by atoms with E-state index in [0.717, 1.165) is 22.1 Å². The molecule has 0 bridgehead atoms. The molecule has 3 aromatic heterocycles. The lowest BCUT2D eigenvalue weighted by Crippen LogP contribution is -2.18. The van der Waals surface area contributed by atoms with E-state index in [4.69, 9.17) is 10.5 Å². The fourth-order valence-electron chi connectivity index (χ4n) is 3.42. The van der Waals surface area contributed by atoms with E-state index in [1.165, 1.54) is 6.08 Å². The third-order valence-corrected chi connectivity index (χ3v) is 6.88. The van der Waals surface area contributed by atoms with Crippen LogP contribution in [0.5, 0.6) is 0 Å². The van der Waals surface area contributed by atoms with Gasteiger partial charge in [-0.05, 0) is 48.9 Å². The summed E-state index contributed by atoms with van der Waals surface area (Å²) < 4.78 is 19.4. The number of pyridine rings is 3. The zero-order chi connectivity index (χ0) is 21.3. The quantitative estimate of drug-likeness (QED) is 0.554. The number of carbonyl (C=O) groups excluding carboxylic acids is 1. The Hall–Kier alpha value is -3.33. The summed E-state index contributed by atoms with van der Waals surface area (Å²) in [5.41, 5.74) is 9.67. The van der Waals surface area contributed by atoms with Gasteiger partial charge >= 0.3 is 0 Å². The summed E-state index contributed by atoms with van der Waals surface area (Å²) in [5, 5.41) is 4.29. The number of hydrogen-bond donors (Lipinski definition) is 3. The number of amides is 1. The lowest BCUT2D eigenvalue weighted by Gasteiger charge is -2.16. The van der Waals surface area contributed by atoms with Crippen molar-refractivity contribution in [2.45, 2.75) is 19.8 Å². The molecule has 0 aromatic carbocycles. The standard InChI is InChI=1S/C21H22N6O2S/c1-13-2-5-24-11-16(13)18-9-15-10-19(25-12-17(15)21(22)26-18)27-20(28)8-14-3-6-30(23,29)7-4-14/h2,5,8-12,23H,3-4,6-7H2,1H3,(H2,22,26)(H,25,27,28). The van der Waals surface area contributed by atoms with E-state index in [2.05, 4.69) is 20.3 Å². The molecule has 0 aliphatic carbocycles. The van der Waals surface area contributed by atoms with E-state index >= 15 is 0 Å². The molecule has 0 unspecified atom stereocenters. The predicted molar refractivity (Wildman–Crippen MR) is 118 cm³/mol. The number of hydrogen-bond acceptors (Lipinski definition) is 7. The molecule has 1 amide bonds. The average molecular weight is 423 g/mol. The first kappa shape index (κ1) is 20.0. The second-order valence-corrected chi connectivity index (χ2v) is 9.83. The van der Waals surface area contributed by atoms with Gasteiger partial charge in [0.15, 0.2) is 0 Å². The largest absolute Gasteiger partial charge is 0.383 e. The lowest BCUT2D eigenvalue weighted by molar-refractivity contribution is -0.112. The normalized spacial score (nSPS) is 18.9. The van der Waals surface area contributed by atoms with Crippen LogP contribution in [0.3, 0.4) is 0 Å². The summed E-state index contributed by atoms with van der Waals surface area (Å²) >= 11 is 0. The van der Waals surface area contributed by atoms with E-state index in [9.17, 15) is 9.00 Å². The number of rotatable bonds is 3. The van der Waals surface area contributed by atoms with Gasteiger partial charge in [-0.25, -0.2) is 14.2 Å². The van der Waals surface area contributed by atoms with Crippen molar-refractivity contribution in [1.82, 2.24) is 15.0 Å². The molecular formula is C21H22N6O2S. The number of nitrogens with one attached hydrogen (secondary N) is 2. The van der Waals surface area contributed by atoms with Crippen molar-refractivity contribution in [3.63, 3.8) is 0 Å². The van der Waals surface area contributed by atoms with Crippen molar-refractivity contribution in [2.75, 3.05) is 22.6 Å². The Morgan fingerprint density at radius 1 is 1.27 bits per heavy atom. The molecule has 1 saturated heterocycles. The Morgan fingerprint density at radius 3 is 2.77 bits per heavy atom. The van der Waals surface area contributed by atoms with Gasteiger partial charge in [-0.1, -0.05) is 5.57 Å². The molecule has 1 fully saturated rings. The number of allylic oxidation sites excluding steroid dienone is 1. The zero-order valence-electron chi connectivity index (χ0n) is 16.5. The molecule has 3 aromatic rings. The maximum Gasteiger partial charge on any atom is 0.249 e. The van der Waals surface area contributed by atoms with E-state index in [1.807, 2.05) is 19.1 Å². The zero-order valence-corrected chi connectivity index (χ0v) is 17.3. The monoisotopic (exact) mass is 422 g/mol. The second kappa shape index (κ2) is 7.83. The molecule has 0 spiro atoms. The summed E-state index contributed by atoms with van der Waals surface area (Å²) in [6, 6.07) is 5.57. The Morgan fingerprint density at radius 2 is 2.03 bits per heavy atom. The number of aromatic nitrogens is 3. The van der Waals surface area contributed by atoms with Crippen molar-refractivity contribution in [1.29, 1.82) is 4.78 Å². The minimum atomic E-state index is -2.48. The van der Waals surface area contributed by atoms with Gasteiger partial charge in [0.1, 0.15) is 11.6 Å². The maximum atomic E-state index is 12.4. The minimum Gasteiger partial charge on any atom is -0.383 e. The van der Waals surface area contributed by atoms with E-state index in [-0.39, 0.29) is 5.91 Å². The van der Waals surface area contributed by atoms with Gasteiger partial charge in [0.2, 0.25) is 5.91 Å². The number of carbonyl (C=O) groups is 1. The van der Waals surface area contributed by atoms with E-state index < -0.39 is 9.73 Å². The van der Waals surface area contributed by atoms with Gasteiger partial charge in [0.25, 0.3) is 0 Å². The Bertz CT molecular complexity index is 1270. The number of aryl methyl sites for hydroxylation is 1. The highest BCUT2D eigenvalue weighted by Crippen LogP contribution is 2.28. The molecule has 1 aliphatic rings. The fourth-order valence-corrected chi connectivity index (χ4v) is 4.81. The van der Waals surface area contributed by atoms with Crippen LogP contribution in [0.25, 0.3) is 22.0 Å². The predicted octanol–water partition coefficient (Wildman–Crippen LogP) is 3.29. The molecule has 30 heavy (non-hydrogen) atoms. The molecule has 8 nitrogen and oxygen atoms in total. The van der Waals surface area contributed by atoms with Crippen LogP contribution in [0.15, 0.2) is 48.4 Å². The number of fused-ring (bicyclic) bond motifs is 1. The molecule has 4 heterocycles. The van der Waals surface area contributed by atoms with Crippen molar-refractivity contribution in [3.05, 3.63) is 54.0 Å². The topological polar surface area (TPSA) is 135 Å². The third-order valence-electron chi connectivity index (χ3n) is 5.15. The average Bonchev–Trinajstić information content (AvgIpc) is 2.69. The van der Waals surface area contributed by atoms with Crippen LogP contribution in [0, 0.1) is 11.7 Å². The van der Waals surface area contributed by atoms with Crippen molar-refractivity contribution in [2.24, 2.45) is 0 Å². The molecule has 4 rings (SSSR count). The van der Waals surface area contributed by atoms with Crippen LogP contribution in [0.1, 0.15) is 18.4 Å². The number of anilines is 2. The lowest BCUT2D eigenvalue weighted by atomic mass is 10.1. The van der Waals surface area contributed by atoms with Crippen LogP contribution < -0.4 is 11.1 Å². The summed E-state index contributed by atoms with van der Waals surface area (Å²) in [7, 11) is -2.48. The van der Waals surface area contributed by atoms with Gasteiger partial charge in [0, 0.05) is 56.9 Å². The summed E-state index contributed by atoms with van der Waals surface area (Å²) in [4.78, 5) is 25.3. The number of nitrogens with two attached hydrogens (primary N) is 1. The Balaban J connectivity index is 1.60. The van der Waals surface area contributed by atoms with Crippen molar-refractivity contribution in [3.8, 4) is 11.3 Å². The summed E-state index contributed by atoms with van der Waals surface area (Å²) in [5.74, 6) is 1.09. The highest BCUT2D eigenvalue weighted by Gasteiger charge is 2.17. The highest BCUT2D eigenvalue weighted by atomic mass is 32.2. The SMILES string of the molecule is Cc1ccncc1-c1cc2cc(NC(=O)C=C3CCS(=N)(=O)CC3)ncc2c(N)n1. The highest BCUT2D eigenvalue weighted by molar-refractivity contribution is 7.92. The van der Waals surface area contributed by atoms with Gasteiger partial charge in [-0.2, -0.15) is 0 Å². The van der Waals surface area contributed by atoms with Gasteiger partial charge in [-0.15, -0.1) is 0 Å². The van der Waals surface area contributed by atoms with Crippen LogP contribution in [-0.4, -0.2) is 36.6 Å². The Labute approximate surface area is 174 Å². The second-order valence-electron chi connectivity index (χ2n) is 7.39. The number of nitrogens with zero attached hydrogens (tertiary/aromatic N) is 3. The van der Waals surface area contributed by atoms with Crippen LogP contribution >= 0.6 is 0 Å². The van der Waals surface area contributed by atoms with Gasteiger partial charge < -0.3 is 11.1 Å². The first-order chi connectivity index (χ1) is 14.3. The first-order valence-electron chi connectivity index (χ1n) is 9.52. The molecule has 0 radical (unpaired) electrons. The molecule has 4 N–H and O–H groups in total. The number of nitrogen functional groups attached to an aromatic ring is 1. The smallest absolute Gasteiger partial charge is 0.249 e. The van der Waals surface area contributed by atoms with Crippen LogP contribution in [0.4, 0.5) is 11.6 Å². The minimum absolute atomic E-state index is 0.291. The van der Waals surface area contributed by atoms with E-state index in [0.29, 0.717) is 47.1 Å². The maximum absolute atomic E-state index is 12.4. The van der Waals surface area contributed by atoms with Crippen molar-refractivity contribution < 1.29 is 9.00 Å². The Kier molecular flexibility index (Phi) is 5.21. The van der Waals surface area contributed by atoms with E-state index in [1.54, 1.807) is 24.7 Å².